The van der Waals surface area contributed by atoms with E-state index in [0.717, 1.165) is 24.2 Å². The van der Waals surface area contributed by atoms with E-state index in [-0.39, 0.29) is 11.2 Å². The Morgan fingerprint density at radius 3 is 2.38 bits per heavy atom. The fourth-order valence-electron chi connectivity index (χ4n) is 2.84. The number of nitrogens with zero attached hydrogens (tertiary/aromatic N) is 2. The monoisotopic (exact) mass is 334 g/mol. The Kier molecular flexibility index (Phi) is 4.77. The number of ether oxygens (including phenoxy) is 2. The van der Waals surface area contributed by atoms with Gasteiger partial charge < -0.3 is 23.7 Å². The predicted octanol–water partition coefficient (Wildman–Crippen LogP) is 1.62. The molecule has 2 aliphatic heterocycles. The van der Waals surface area contributed by atoms with E-state index in [1.165, 1.54) is 0 Å². The van der Waals surface area contributed by atoms with Crippen LogP contribution in [0.15, 0.2) is 12.3 Å². The second-order valence-corrected chi connectivity index (χ2v) is 7.21. The molecule has 0 bridgehead atoms. The van der Waals surface area contributed by atoms with Crippen LogP contribution in [-0.2, 0) is 14.0 Å². The number of anilines is 1. The average Bonchev–Trinajstić information content (AvgIpc) is 2.77. The van der Waals surface area contributed by atoms with Crippen LogP contribution < -0.4 is 15.1 Å². The summed E-state index contributed by atoms with van der Waals surface area (Å²) in [6.07, 6.45) is 1.79. The van der Waals surface area contributed by atoms with Crippen LogP contribution in [0.25, 0.3) is 0 Å². The highest BCUT2D eigenvalue weighted by atomic mass is 16.7. The van der Waals surface area contributed by atoms with Gasteiger partial charge in [0, 0.05) is 24.7 Å². The van der Waals surface area contributed by atoms with Gasteiger partial charge in [0.25, 0.3) is 0 Å². The number of morpholine rings is 1. The topological polar surface area (TPSA) is 53.0 Å². The number of rotatable bonds is 4. The van der Waals surface area contributed by atoms with E-state index in [1.807, 2.05) is 6.92 Å². The van der Waals surface area contributed by atoms with E-state index < -0.39 is 7.12 Å². The Morgan fingerprint density at radius 1 is 1.17 bits per heavy atom. The molecule has 1 aromatic heterocycles. The van der Waals surface area contributed by atoms with Gasteiger partial charge in [0.2, 0.25) is 5.88 Å². The van der Waals surface area contributed by atoms with E-state index in [4.69, 9.17) is 18.8 Å². The Hall–Kier alpha value is -1.31. The van der Waals surface area contributed by atoms with Crippen molar-refractivity contribution in [2.24, 2.45) is 0 Å². The van der Waals surface area contributed by atoms with Crippen LogP contribution in [0, 0.1) is 0 Å². The first-order valence-electron chi connectivity index (χ1n) is 8.65. The first-order chi connectivity index (χ1) is 11.3. The Balaban J connectivity index is 1.90. The molecule has 0 unspecified atom stereocenters. The zero-order valence-corrected chi connectivity index (χ0v) is 15.3. The van der Waals surface area contributed by atoms with E-state index in [1.54, 1.807) is 6.20 Å². The van der Waals surface area contributed by atoms with E-state index in [9.17, 15) is 0 Å². The minimum atomic E-state index is -0.419. The van der Waals surface area contributed by atoms with Crippen molar-refractivity contribution in [3.8, 4) is 5.88 Å². The minimum Gasteiger partial charge on any atom is -0.476 e. The van der Waals surface area contributed by atoms with Crippen molar-refractivity contribution in [2.45, 2.75) is 45.8 Å². The van der Waals surface area contributed by atoms with Crippen molar-refractivity contribution >= 4 is 18.3 Å². The summed E-state index contributed by atoms with van der Waals surface area (Å²) in [5.41, 5.74) is 1.16. The van der Waals surface area contributed by atoms with Gasteiger partial charge in [0.15, 0.2) is 0 Å². The molecule has 3 heterocycles. The molecule has 0 saturated carbocycles. The third-order valence-corrected chi connectivity index (χ3v) is 5.01. The van der Waals surface area contributed by atoms with E-state index >= 15 is 0 Å². The van der Waals surface area contributed by atoms with E-state index in [0.29, 0.717) is 25.7 Å². The molecule has 2 aliphatic rings. The largest absolute Gasteiger partial charge is 0.496 e. The molecule has 7 heteroatoms. The normalized spacial score (nSPS) is 22.7. The van der Waals surface area contributed by atoms with Crippen LogP contribution in [0.5, 0.6) is 5.88 Å². The maximum atomic E-state index is 6.15. The third-order valence-electron chi connectivity index (χ3n) is 5.01. The quantitative estimate of drug-likeness (QED) is 0.780. The summed E-state index contributed by atoms with van der Waals surface area (Å²) in [7, 11) is -0.419. The number of aromatic nitrogens is 1. The summed E-state index contributed by atoms with van der Waals surface area (Å²) in [5, 5.41) is 0. The van der Waals surface area contributed by atoms with Gasteiger partial charge in [0.1, 0.15) is 0 Å². The molecule has 2 fully saturated rings. The Labute approximate surface area is 144 Å². The maximum Gasteiger partial charge on any atom is 0.496 e. The molecule has 0 aromatic carbocycles. The van der Waals surface area contributed by atoms with Gasteiger partial charge in [0.05, 0.1) is 36.7 Å². The SMILES string of the molecule is CCOc1ncc(B2OC(C)(C)C(C)(C)O2)cc1N1CCOCC1. The van der Waals surface area contributed by atoms with Crippen molar-refractivity contribution in [3.05, 3.63) is 12.3 Å². The number of pyridine rings is 1. The minimum absolute atomic E-state index is 0.366. The van der Waals surface area contributed by atoms with Gasteiger partial charge in [-0.2, -0.15) is 0 Å². The molecule has 1 aromatic rings. The molecular weight excluding hydrogens is 307 g/mol. The summed E-state index contributed by atoms with van der Waals surface area (Å²) in [5.74, 6) is 0.652. The summed E-state index contributed by atoms with van der Waals surface area (Å²) < 4.78 is 23.5. The molecule has 2 saturated heterocycles. The van der Waals surface area contributed by atoms with Crippen molar-refractivity contribution in [2.75, 3.05) is 37.8 Å². The second-order valence-electron chi connectivity index (χ2n) is 7.21. The fourth-order valence-corrected chi connectivity index (χ4v) is 2.84. The molecule has 0 spiro atoms. The second kappa shape index (κ2) is 6.54. The number of hydrogen-bond donors (Lipinski definition) is 0. The summed E-state index contributed by atoms with van der Waals surface area (Å²) in [4.78, 5) is 6.77. The standard InChI is InChI=1S/C17H27BN2O4/c1-6-22-15-14(20-7-9-21-10-8-20)11-13(12-19-15)18-23-16(2,3)17(4,5)24-18/h11-12H,6-10H2,1-5H3. The fraction of sp³-hybridized carbons (Fsp3) is 0.706. The summed E-state index contributed by atoms with van der Waals surface area (Å²) >= 11 is 0. The van der Waals surface area contributed by atoms with Crippen LogP contribution in [0.4, 0.5) is 5.69 Å². The van der Waals surface area contributed by atoms with Crippen LogP contribution in [0.3, 0.4) is 0 Å². The average molecular weight is 334 g/mol. The summed E-state index contributed by atoms with van der Waals surface area (Å²) in [6, 6.07) is 2.07. The lowest BCUT2D eigenvalue weighted by atomic mass is 9.80. The highest BCUT2D eigenvalue weighted by Crippen LogP contribution is 2.37. The smallest absolute Gasteiger partial charge is 0.476 e. The van der Waals surface area contributed by atoms with Crippen molar-refractivity contribution in [1.82, 2.24) is 4.98 Å². The highest BCUT2D eigenvalue weighted by Gasteiger charge is 2.52. The van der Waals surface area contributed by atoms with Gasteiger partial charge in [-0.3, -0.25) is 0 Å². The van der Waals surface area contributed by atoms with Crippen molar-refractivity contribution in [3.63, 3.8) is 0 Å². The lowest BCUT2D eigenvalue weighted by molar-refractivity contribution is 0.00578. The molecule has 3 rings (SSSR count). The Bertz CT molecular complexity index is 572. The van der Waals surface area contributed by atoms with Gasteiger partial charge in [-0.1, -0.05) is 0 Å². The third kappa shape index (κ3) is 3.25. The Morgan fingerprint density at radius 2 is 1.79 bits per heavy atom. The van der Waals surface area contributed by atoms with Gasteiger partial charge in [-0.25, -0.2) is 4.98 Å². The molecule has 132 valence electrons. The van der Waals surface area contributed by atoms with Crippen molar-refractivity contribution in [1.29, 1.82) is 0 Å². The van der Waals surface area contributed by atoms with Gasteiger partial charge in [-0.15, -0.1) is 0 Å². The predicted molar refractivity (Wildman–Crippen MR) is 94.2 cm³/mol. The van der Waals surface area contributed by atoms with Crippen LogP contribution in [0.2, 0.25) is 0 Å². The lowest BCUT2D eigenvalue weighted by Crippen LogP contribution is -2.41. The van der Waals surface area contributed by atoms with Gasteiger partial charge in [-0.05, 0) is 40.7 Å². The van der Waals surface area contributed by atoms with Crippen LogP contribution in [-0.4, -0.2) is 56.2 Å². The van der Waals surface area contributed by atoms with Crippen molar-refractivity contribution < 1.29 is 18.8 Å². The summed E-state index contributed by atoms with van der Waals surface area (Å²) in [6.45, 7) is 13.8. The van der Waals surface area contributed by atoms with Crippen LogP contribution >= 0.6 is 0 Å². The zero-order valence-electron chi connectivity index (χ0n) is 15.3. The number of hydrogen-bond acceptors (Lipinski definition) is 6. The molecule has 0 atom stereocenters. The van der Waals surface area contributed by atoms with Crippen LogP contribution in [0.1, 0.15) is 34.6 Å². The first-order valence-corrected chi connectivity index (χ1v) is 8.65. The lowest BCUT2D eigenvalue weighted by Gasteiger charge is -2.32. The molecule has 0 amide bonds. The maximum absolute atomic E-state index is 6.15. The van der Waals surface area contributed by atoms with E-state index in [2.05, 4.69) is 43.6 Å². The molecular formula is C17H27BN2O4. The molecule has 0 N–H and O–H groups in total. The first kappa shape index (κ1) is 17.5. The molecule has 0 aliphatic carbocycles. The molecule has 24 heavy (non-hydrogen) atoms. The zero-order chi connectivity index (χ0) is 17.4. The van der Waals surface area contributed by atoms with Gasteiger partial charge >= 0.3 is 7.12 Å². The highest BCUT2D eigenvalue weighted by molar-refractivity contribution is 6.62. The molecule has 6 nitrogen and oxygen atoms in total. The molecule has 0 radical (unpaired) electrons.